The van der Waals surface area contributed by atoms with Gasteiger partial charge in [-0.1, -0.05) is 13.3 Å². The zero-order chi connectivity index (χ0) is 11.2. The molecule has 2 heterocycles. The van der Waals surface area contributed by atoms with E-state index in [1.807, 2.05) is 6.20 Å². The highest BCUT2D eigenvalue weighted by Gasteiger charge is 2.10. The average Bonchev–Trinajstić information content (AvgIpc) is 2.76. The molecule has 16 heavy (non-hydrogen) atoms. The van der Waals surface area contributed by atoms with Gasteiger partial charge in [-0.15, -0.1) is 0 Å². The second kappa shape index (κ2) is 6.01. The van der Waals surface area contributed by atoms with E-state index in [0.29, 0.717) is 0 Å². The van der Waals surface area contributed by atoms with Crippen LogP contribution in [0.25, 0.3) is 0 Å². The molecule has 0 atom stereocenters. The summed E-state index contributed by atoms with van der Waals surface area (Å²) in [5.74, 6) is 0. The fraction of sp³-hybridized carbons (Fsp3) is 0.750. The highest BCUT2D eigenvalue weighted by Crippen LogP contribution is 2.07. The Balaban J connectivity index is 1.81. The SMILES string of the molecule is CCCn1nccc1CNN1CCCCC1. The van der Waals surface area contributed by atoms with E-state index < -0.39 is 0 Å². The Hall–Kier alpha value is -0.870. The molecule has 2 rings (SSSR count). The number of aromatic nitrogens is 2. The third kappa shape index (κ3) is 3.06. The molecular formula is C12H22N4. The molecule has 0 bridgehead atoms. The molecule has 1 saturated heterocycles. The van der Waals surface area contributed by atoms with Crippen LogP contribution in [0.5, 0.6) is 0 Å². The molecule has 0 aliphatic carbocycles. The van der Waals surface area contributed by atoms with E-state index in [1.54, 1.807) is 0 Å². The van der Waals surface area contributed by atoms with Crippen molar-refractivity contribution in [3.05, 3.63) is 18.0 Å². The molecule has 0 aromatic carbocycles. The van der Waals surface area contributed by atoms with Crippen molar-refractivity contribution in [1.29, 1.82) is 0 Å². The van der Waals surface area contributed by atoms with E-state index >= 15 is 0 Å². The number of aryl methyl sites for hydroxylation is 1. The van der Waals surface area contributed by atoms with Crippen molar-refractivity contribution in [2.45, 2.75) is 45.7 Å². The fourth-order valence-electron chi connectivity index (χ4n) is 2.17. The van der Waals surface area contributed by atoms with Crippen molar-refractivity contribution in [1.82, 2.24) is 20.2 Å². The monoisotopic (exact) mass is 222 g/mol. The smallest absolute Gasteiger partial charge is 0.0536 e. The van der Waals surface area contributed by atoms with Crippen molar-refractivity contribution in [2.75, 3.05) is 13.1 Å². The lowest BCUT2D eigenvalue weighted by Gasteiger charge is -2.27. The molecule has 1 N–H and O–H groups in total. The summed E-state index contributed by atoms with van der Waals surface area (Å²) in [4.78, 5) is 0. The second-order valence-corrected chi connectivity index (χ2v) is 4.43. The van der Waals surface area contributed by atoms with Crippen molar-refractivity contribution < 1.29 is 0 Å². The summed E-state index contributed by atoms with van der Waals surface area (Å²) in [6.07, 6.45) is 7.05. The standard InChI is InChI=1S/C12H22N4/c1-2-8-16-12(6-7-13-16)11-14-15-9-4-3-5-10-15/h6-7,14H,2-5,8-11H2,1H3. The Bertz CT molecular complexity index is 302. The maximum Gasteiger partial charge on any atom is 0.0536 e. The summed E-state index contributed by atoms with van der Waals surface area (Å²) in [7, 11) is 0. The van der Waals surface area contributed by atoms with Gasteiger partial charge in [-0.2, -0.15) is 5.10 Å². The number of piperidine rings is 1. The second-order valence-electron chi connectivity index (χ2n) is 4.43. The Labute approximate surface area is 97.6 Å². The minimum Gasteiger partial charge on any atom is -0.268 e. The van der Waals surface area contributed by atoms with Crippen molar-refractivity contribution in [3.63, 3.8) is 0 Å². The number of nitrogens with zero attached hydrogens (tertiary/aromatic N) is 3. The molecule has 4 heteroatoms. The summed E-state index contributed by atoms with van der Waals surface area (Å²) in [5, 5.41) is 6.67. The summed E-state index contributed by atoms with van der Waals surface area (Å²) >= 11 is 0. The zero-order valence-electron chi connectivity index (χ0n) is 10.2. The Morgan fingerprint density at radius 2 is 2.12 bits per heavy atom. The van der Waals surface area contributed by atoms with E-state index in [4.69, 9.17) is 0 Å². The molecular weight excluding hydrogens is 200 g/mol. The maximum atomic E-state index is 4.33. The Morgan fingerprint density at radius 3 is 2.88 bits per heavy atom. The van der Waals surface area contributed by atoms with Crippen LogP contribution >= 0.6 is 0 Å². The van der Waals surface area contributed by atoms with Gasteiger partial charge in [-0.25, -0.2) is 10.4 Å². The lowest BCUT2D eigenvalue weighted by atomic mass is 10.2. The summed E-state index contributed by atoms with van der Waals surface area (Å²) in [5.41, 5.74) is 4.78. The summed E-state index contributed by atoms with van der Waals surface area (Å²) < 4.78 is 2.09. The maximum absolute atomic E-state index is 4.33. The third-order valence-electron chi connectivity index (χ3n) is 3.08. The molecule has 1 fully saturated rings. The lowest BCUT2D eigenvalue weighted by molar-refractivity contribution is 0.149. The predicted molar refractivity (Wildman–Crippen MR) is 64.8 cm³/mol. The number of hydrogen-bond acceptors (Lipinski definition) is 3. The van der Waals surface area contributed by atoms with Gasteiger partial charge in [0.25, 0.3) is 0 Å². The van der Waals surface area contributed by atoms with E-state index in [2.05, 4.69) is 33.2 Å². The van der Waals surface area contributed by atoms with Crippen molar-refractivity contribution in [2.24, 2.45) is 0 Å². The van der Waals surface area contributed by atoms with Crippen LogP contribution in [0.15, 0.2) is 12.3 Å². The van der Waals surface area contributed by atoms with E-state index in [9.17, 15) is 0 Å². The predicted octanol–water partition coefficient (Wildman–Crippen LogP) is 1.78. The van der Waals surface area contributed by atoms with Gasteiger partial charge in [0.15, 0.2) is 0 Å². The molecule has 0 radical (unpaired) electrons. The molecule has 0 saturated carbocycles. The number of nitrogens with one attached hydrogen (secondary N) is 1. The largest absolute Gasteiger partial charge is 0.268 e. The molecule has 1 aromatic rings. The number of hydrogen-bond donors (Lipinski definition) is 1. The molecule has 0 unspecified atom stereocenters. The van der Waals surface area contributed by atoms with Gasteiger partial charge in [0.05, 0.1) is 12.2 Å². The molecule has 1 aliphatic rings. The molecule has 0 amide bonds. The van der Waals surface area contributed by atoms with Crippen LogP contribution in [-0.2, 0) is 13.1 Å². The van der Waals surface area contributed by atoms with Crippen LogP contribution in [0, 0.1) is 0 Å². The molecule has 4 nitrogen and oxygen atoms in total. The first-order valence-corrected chi connectivity index (χ1v) is 6.39. The van der Waals surface area contributed by atoms with Gasteiger partial charge in [0, 0.05) is 25.8 Å². The van der Waals surface area contributed by atoms with Crippen LogP contribution < -0.4 is 5.43 Å². The van der Waals surface area contributed by atoms with Crippen LogP contribution in [-0.4, -0.2) is 27.9 Å². The van der Waals surface area contributed by atoms with Gasteiger partial charge in [0.2, 0.25) is 0 Å². The average molecular weight is 222 g/mol. The van der Waals surface area contributed by atoms with Crippen LogP contribution in [0.3, 0.4) is 0 Å². The summed E-state index contributed by atoms with van der Waals surface area (Å²) in [6.45, 7) is 6.47. The quantitative estimate of drug-likeness (QED) is 0.824. The lowest BCUT2D eigenvalue weighted by Crippen LogP contribution is -2.41. The highest BCUT2D eigenvalue weighted by molar-refractivity contribution is 4.99. The van der Waals surface area contributed by atoms with Gasteiger partial charge in [0.1, 0.15) is 0 Å². The summed E-state index contributed by atoms with van der Waals surface area (Å²) in [6, 6.07) is 2.10. The van der Waals surface area contributed by atoms with Crippen LogP contribution in [0.2, 0.25) is 0 Å². The van der Waals surface area contributed by atoms with Crippen LogP contribution in [0.1, 0.15) is 38.3 Å². The van der Waals surface area contributed by atoms with E-state index in [0.717, 1.165) is 19.5 Å². The first-order chi connectivity index (χ1) is 7.90. The molecule has 0 spiro atoms. The molecule has 90 valence electrons. The van der Waals surface area contributed by atoms with Gasteiger partial charge in [-0.05, 0) is 25.3 Å². The molecule has 1 aromatic heterocycles. The first kappa shape index (κ1) is 11.6. The minimum atomic E-state index is 0.903. The van der Waals surface area contributed by atoms with Gasteiger partial charge in [-0.3, -0.25) is 4.68 Å². The topological polar surface area (TPSA) is 33.1 Å². The van der Waals surface area contributed by atoms with Crippen LogP contribution in [0.4, 0.5) is 0 Å². The first-order valence-electron chi connectivity index (χ1n) is 6.39. The van der Waals surface area contributed by atoms with E-state index in [1.165, 1.54) is 38.0 Å². The Morgan fingerprint density at radius 1 is 1.31 bits per heavy atom. The number of rotatable bonds is 5. The van der Waals surface area contributed by atoms with Gasteiger partial charge >= 0.3 is 0 Å². The third-order valence-corrected chi connectivity index (χ3v) is 3.08. The zero-order valence-corrected chi connectivity index (χ0v) is 10.2. The minimum absolute atomic E-state index is 0.903. The fourth-order valence-corrected chi connectivity index (χ4v) is 2.17. The Kier molecular flexibility index (Phi) is 4.36. The number of hydrazine groups is 1. The van der Waals surface area contributed by atoms with Crippen molar-refractivity contribution in [3.8, 4) is 0 Å². The van der Waals surface area contributed by atoms with E-state index in [-0.39, 0.29) is 0 Å². The van der Waals surface area contributed by atoms with Gasteiger partial charge < -0.3 is 0 Å². The van der Waals surface area contributed by atoms with Crippen molar-refractivity contribution >= 4 is 0 Å². The molecule has 1 aliphatic heterocycles. The highest BCUT2D eigenvalue weighted by atomic mass is 15.5. The normalized spacial score (nSPS) is 17.8.